The van der Waals surface area contributed by atoms with Crippen LogP contribution in [0.3, 0.4) is 0 Å². The topological polar surface area (TPSA) is 120 Å². The molecule has 0 aliphatic carbocycles. The molecule has 0 atom stereocenters. The standard InChI is InChI=1S/C17H16N4O4/c1-11(22)19-13-6-8-14(9-7-13)20-16(24)17(25)21-18-10-12-4-2-3-5-15(12)23/h2-10,23H,1H3,(H,19,22)(H,20,24)(H,21,25)/b18-10+. The molecule has 0 aliphatic rings. The zero-order chi connectivity index (χ0) is 18.2. The molecule has 0 saturated carbocycles. The molecule has 0 fully saturated rings. The minimum atomic E-state index is -0.961. The normalized spacial score (nSPS) is 10.3. The number of para-hydroxylation sites is 1. The number of phenols is 1. The van der Waals surface area contributed by atoms with Crippen LogP contribution in [-0.2, 0) is 14.4 Å². The molecule has 0 heterocycles. The van der Waals surface area contributed by atoms with Gasteiger partial charge in [0.15, 0.2) is 0 Å². The van der Waals surface area contributed by atoms with Crippen molar-refractivity contribution in [2.75, 3.05) is 10.6 Å². The molecule has 2 aromatic rings. The van der Waals surface area contributed by atoms with Crippen LogP contribution in [0.15, 0.2) is 53.6 Å². The maximum Gasteiger partial charge on any atom is 0.329 e. The highest BCUT2D eigenvalue weighted by molar-refractivity contribution is 6.39. The van der Waals surface area contributed by atoms with Crippen LogP contribution in [0.5, 0.6) is 5.75 Å². The second-order valence-electron chi connectivity index (χ2n) is 4.97. The lowest BCUT2D eigenvalue weighted by molar-refractivity contribution is -0.136. The summed E-state index contributed by atoms with van der Waals surface area (Å²) >= 11 is 0. The Bertz CT molecular complexity index is 816. The van der Waals surface area contributed by atoms with E-state index < -0.39 is 11.8 Å². The van der Waals surface area contributed by atoms with E-state index in [4.69, 9.17) is 0 Å². The van der Waals surface area contributed by atoms with Gasteiger partial charge < -0.3 is 15.7 Å². The van der Waals surface area contributed by atoms with Crippen molar-refractivity contribution < 1.29 is 19.5 Å². The van der Waals surface area contributed by atoms with Gasteiger partial charge in [0.2, 0.25) is 5.91 Å². The fourth-order valence-corrected chi connectivity index (χ4v) is 1.84. The Balaban J connectivity index is 1.89. The largest absolute Gasteiger partial charge is 0.507 e. The van der Waals surface area contributed by atoms with Crippen LogP contribution < -0.4 is 16.1 Å². The van der Waals surface area contributed by atoms with E-state index in [0.29, 0.717) is 16.9 Å². The van der Waals surface area contributed by atoms with Crippen LogP contribution in [0.1, 0.15) is 12.5 Å². The zero-order valence-corrected chi connectivity index (χ0v) is 13.3. The average Bonchev–Trinajstić information content (AvgIpc) is 2.57. The number of nitrogens with one attached hydrogen (secondary N) is 3. The summed E-state index contributed by atoms with van der Waals surface area (Å²) in [5.41, 5.74) is 3.43. The van der Waals surface area contributed by atoms with Gasteiger partial charge in [0.25, 0.3) is 0 Å². The van der Waals surface area contributed by atoms with Crippen LogP contribution >= 0.6 is 0 Å². The minimum Gasteiger partial charge on any atom is -0.507 e. The van der Waals surface area contributed by atoms with E-state index in [2.05, 4.69) is 21.2 Å². The number of hydrogen-bond donors (Lipinski definition) is 4. The van der Waals surface area contributed by atoms with Crippen molar-refractivity contribution in [2.45, 2.75) is 6.92 Å². The van der Waals surface area contributed by atoms with Gasteiger partial charge in [-0.2, -0.15) is 5.10 Å². The van der Waals surface area contributed by atoms with Gasteiger partial charge in [0.1, 0.15) is 5.75 Å². The Hall–Kier alpha value is -3.68. The van der Waals surface area contributed by atoms with Crippen LogP contribution in [0.25, 0.3) is 0 Å². The molecule has 25 heavy (non-hydrogen) atoms. The lowest BCUT2D eigenvalue weighted by Crippen LogP contribution is -2.32. The first kappa shape index (κ1) is 17.7. The Kier molecular flexibility index (Phi) is 5.83. The number of phenolic OH excluding ortho intramolecular Hbond substituents is 1. The second-order valence-corrected chi connectivity index (χ2v) is 4.97. The molecule has 0 aromatic heterocycles. The summed E-state index contributed by atoms with van der Waals surface area (Å²) in [6.07, 6.45) is 1.22. The fraction of sp³-hybridized carbons (Fsp3) is 0.0588. The number of amides is 3. The number of benzene rings is 2. The van der Waals surface area contributed by atoms with Gasteiger partial charge in [0.05, 0.1) is 6.21 Å². The van der Waals surface area contributed by atoms with E-state index in [1.54, 1.807) is 42.5 Å². The van der Waals surface area contributed by atoms with Crippen molar-refractivity contribution in [3.05, 3.63) is 54.1 Å². The van der Waals surface area contributed by atoms with Crippen LogP contribution in [-0.4, -0.2) is 29.0 Å². The summed E-state index contributed by atoms with van der Waals surface area (Å²) in [6.45, 7) is 1.38. The third-order valence-corrected chi connectivity index (χ3v) is 2.98. The van der Waals surface area contributed by atoms with Gasteiger partial charge in [-0.3, -0.25) is 14.4 Å². The SMILES string of the molecule is CC(=O)Nc1ccc(NC(=O)C(=O)N/N=C/c2ccccc2O)cc1. The second kappa shape index (κ2) is 8.25. The Labute approximate surface area is 143 Å². The monoisotopic (exact) mass is 340 g/mol. The number of anilines is 2. The summed E-state index contributed by atoms with van der Waals surface area (Å²) in [5.74, 6) is -2.07. The molecular weight excluding hydrogens is 324 g/mol. The summed E-state index contributed by atoms with van der Waals surface area (Å²) in [6, 6.07) is 12.7. The molecule has 0 aliphatic heterocycles. The smallest absolute Gasteiger partial charge is 0.329 e. The highest BCUT2D eigenvalue weighted by Crippen LogP contribution is 2.14. The zero-order valence-electron chi connectivity index (χ0n) is 13.3. The number of rotatable bonds is 4. The fourth-order valence-electron chi connectivity index (χ4n) is 1.84. The molecule has 3 amide bonds. The first-order valence-corrected chi connectivity index (χ1v) is 7.26. The maximum atomic E-state index is 11.8. The van der Waals surface area contributed by atoms with Crippen molar-refractivity contribution in [3.8, 4) is 5.75 Å². The molecule has 128 valence electrons. The molecule has 0 radical (unpaired) electrons. The Morgan fingerprint density at radius 3 is 2.12 bits per heavy atom. The summed E-state index contributed by atoms with van der Waals surface area (Å²) < 4.78 is 0. The highest BCUT2D eigenvalue weighted by Gasteiger charge is 2.12. The van der Waals surface area contributed by atoms with Gasteiger partial charge in [0, 0.05) is 23.9 Å². The molecule has 0 spiro atoms. The molecule has 0 unspecified atom stereocenters. The molecule has 4 N–H and O–H groups in total. The molecular formula is C17H16N4O4. The average molecular weight is 340 g/mol. The summed E-state index contributed by atoms with van der Waals surface area (Å²) in [5, 5.41) is 18.1. The van der Waals surface area contributed by atoms with E-state index >= 15 is 0 Å². The van der Waals surface area contributed by atoms with Crippen LogP contribution in [0.4, 0.5) is 11.4 Å². The molecule has 8 nitrogen and oxygen atoms in total. The van der Waals surface area contributed by atoms with Crippen molar-refractivity contribution in [3.63, 3.8) is 0 Å². The first-order valence-electron chi connectivity index (χ1n) is 7.26. The van der Waals surface area contributed by atoms with Crippen molar-refractivity contribution in [1.29, 1.82) is 0 Å². The van der Waals surface area contributed by atoms with Crippen LogP contribution in [0.2, 0.25) is 0 Å². The number of hydrogen-bond acceptors (Lipinski definition) is 5. The summed E-state index contributed by atoms with van der Waals surface area (Å²) in [4.78, 5) is 34.4. The lowest BCUT2D eigenvalue weighted by atomic mass is 10.2. The highest BCUT2D eigenvalue weighted by atomic mass is 16.3. The van der Waals surface area contributed by atoms with Gasteiger partial charge in [-0.15, -0.1) is 0 Å². The molecule has 8 heteroatoms. The van der Waals surface area contributed by atoms with E-state index in [9.17, 15) is 19.5 Å². The molecule has 2 rings (SSSR count). The number of nitrogens with zero attached hydrogens (tertiary/aromatic N) is 1. The van der Waals surface area contributed by atoms with Gasteiger partial charge in [-0.05, 0) is 36.4 Å². The van der Waals surface area contributed by atoms with E-state index in [0.717, 1.165) is 0 Å². The van der Waals surface area contributed by atoms with E-state index in [1.165, 1.54) is 19.2 Å². The third kappa shape index (κ3) is 5.47. The molecule has 0 bridgehead atoms. The van der Waals surface area contributed by atoms with Crippen molar-refractivity contribution in [1.82, 2.24) is 5.43 Å². The van der Waals surface area contributed by atoms with E-state index in [-0.39, 0.29) is 11.7 Å². The maximum absolute atomic E-state index is 11.8. The van der Waals surface area contributed by atoms with Gasteiger partial charge in [-0.1, -0.05) is 12.1 Å². The number of carbonyl (C=O) groups is 3. The lowest BCUT2D eigenvalue weighted by Gasteiger charge is -2.06. The summed E-state index contributed by atoms with van der Waals surface area (Å²) in [7, 11) is 0. The predicted molar refractivity (Wildman–Crippen MR) is 93.2 cm³/mol. The first-order chi connectivity index (χ1) is 12.0. The van der Waals surface area contributed by atoms with Crippen molar-refractivity contribution >= 4 is 35.3 Å². The Morgan fingerprint density at radius 1 is 0.920 bits per heavy atom. The molecule has 2 aromatic carbocycles. The molecule has 0 saturated heterocycles. The number of carbonyl (C=O) groups excluding carboxylic acids is 3. The third-order valence-electron chi connectivity index (χ3n) is 2.98. The number of aromatic hydroxyl groups is 1. The van der Waals surface area contributed by atoms with E-state index in [1.807, 2.05) is 0 Å². The minimum absolute atomic E-state index is 0.00390. The number of hydrazone groups is 1. The Morgan fingerprint density at radius 2 is 1.52 bits per heavy atom. The quantitative estimate of drug-likeness (QED) is 0.382. The van der Waals surface area contributed by atoms with Gasteiger partial charge >= 0.3 is 11.8 Å². The predicted octanol–water partition coefficient (Wildman–Crippen LogP) is 1.44. The van der Waals surface area contributed by atoms with Crippen molar-refractivity contribution in [2.24, 2.45) is 5.10 Å². The van der Waals surface area contributed by atoms with Crippen LogP contribution in [0, 0.1) is 0 Å². The van der Waals surface area contributed by atoms with Gasteiger partial charge in [-0.25, -0.2) is 5.43 Å².